The monoisotopic (exact) mass is 476 g/mol. The molecule has 4 nitrogen and oxygen atoms in total. The number of carbonyl (C=O) groups is 2. The second-order valence-electron chi connectivity index (χ2n) is 8.74. The Balaban J connectivity index is 2.00. The zero-order chi connectivity index (χ0) is 24.5. The van der Waals surface area contributed by atoms with Crippen molar-refractivity contribution in [3.05, 3.63) is 106 Å². The molecule has 5 heteroatoms. The van der Waals surface area contributed by atoms with Gasteiger partial charge in [-0.2, -0.15) is 0 Å². The summed E-state index contributed by atoms with van der Waals surface area (Å²) in [6, 6.07) is 24.5. The molecule has 0 bridgehead atoms. The molecule has 0 saturated carbocycles. The van der Waals surface area contributed by atoms with Gasteiger partial charge in [-0.25, -0.2) is 0 Å². The third-order valence-electron chi connectivity index (χ3n) is 6.17. The minimum atomic E-state index is -0.663. The van der Waals surface area contributed by atoms with Gasteiger partial charge in [0, 0.05) is 24.0 Å². The molecule has 0 heterocycles. The van der Waals surface area contributed by atoms with Crippen LogP contribution >= 0.6 is 11.6 Å². The van der Waals surface area contributed by atoms with Gasteiger partial charge >= 0.3 is 0 Å². The van der Waals surface area contributed by atoms with E-state index in [-0.39, 0.29) is 30.8 Å². The van der Waals surface area contributed by atoms with Crippen LogP contribution in [-0.2, 0) is 29.0 Å². The standard InChI is InChI=1S/C29H33ClN2O2/c1-4-22(3)31-29(34)27(18-23-13-6-5-7-14-23)32(20-25-16-10-11-17-26(25)30)28(33)19-24-15-9-8-12-21(24)2/h5-17,22,27H,4,18-20H2,1-3H3,(H,31,34)/t22-,27-/m1/s1. The Labute approximate surface area is 207 Å². The number of rotatable bonds is 10. The summed E-state index contributed by atoms with van der Waals surface area (Å²) in [7, 11) is 0. The maximum absolute atomic E-state index is 13.8. The van der Waals surface area contributed by atoms with Crippen LogP contribution in [0.1, 0.15) is 42.5 Å². The van der Waals surface area contributed by atoms with Crippen LogP contribution in [0.3, 0.4) is 0 Å². The first-order chi connectivity index (χ1) is 16.4. The molecule has 0 aliphatic heterocycles. The number of hydrogen-bond acceptors (Lipinski definition) is 2. The molecule has 1 N–H and O–H groups in total. The average Bonchev–Trinajstić information content (AvgIpc) is 2.84. The van der Waals surface area contributed by atoms with Crippen LogP contribution in [0.25, 0.3) is 0 Å². The van der Waals surface area contributed by atoms with Crippen molar-refractivity contribution in [2.24, 2.45) is 0 Å². The van der Waals surface area contributed by atoms with E-state index in [4.69, 9.17) is 11.6 Å². The van der Waals surface area contributed by atoms with E-state index < -0.39 is 6.04 Å². The molecule has 0 unspecified atom stereocenters. The van der Waals surface area contributed by atoms with Gasteiger partial charge in [-0.1, -0.05) is 91.3 Å². The van der Waals surface area contributed by atoms with Crippen molar-refractivity contribution in [2.75, 3.05) is 0 Å². The van der Waals surface area contributed by atoms with Gasteiger partial charge in [0.05, 0.1) is 6.42 Å². The van der Waals surface area contributed by atoms with Gasteiger partial charge in [0.15, 0.2) is 0 Å². The molecule has 178 valence electrons. The second-order valence-corrected chi connectivity index (χ2v) is 9.15. The summed E-state index contributed by atoms with van der Waals surface area (Å²) in [5, 5.41) is 3.68. The number of halogens is 1. The van der Waals surface area contributed by atoms with E-state index in [1.807, 2.05) is 99.6 Å². The van der Waals surface area contributed by atoms with Crippen molar-refractivity contribution in [2.45, 2.75) is 58.7 Å². The summed E-state index contributed by atoms with van der Waals surface area (Å²) in [4.78, 5) is 29.0. The van der Waals surface area contributed by atoms with Crippen molar-refractivity contribution in [3.8, 4) is 0 Å². The van der Waals surface area contributed by atoms with Gasteiger partial charge in [-0.05, 0) is 48.6 Å². The van der Waals surface area contributed by atoms with E-state index >= 15 is 0 Å². The summed E-state index contributed by atoms with van der Waals surface area (Å²) >= 11 is 6.47. The fraction of sp³-hybridized carbons (Fsp3) is 0.310. The Morgan fingerprint density at radius 3 is 2.18 bits per heavy atom. The largest absolute Gasteiger partial charge is 0.352 e. The third-order valence-corrected chi connectivity index (χ3v) is 6.54. The van der Waals surface area contributed by atoms with Gasteiger partial charge in [0.2, 0.25) is 11.8 Å². The summed E-state index contributed by atoms with van der Waals surface area (Å²) in [5.74, 6) is -0.252. The SMILES string of the molecule is CC[C@@H](C)NC(=O)[C@@H](Cc1ccccc1)N(Cc1ccccc1Cl)C(=O)Cc1ccccc1C. The molecule has 0 fully saturated rings. The molecule has 34 heavy (non-hydrogen) atoms. The fourth-order valence-corrected chi connectivity index (χ4v) is 4.07. The summed E-state index contributed by atoms with van der Waals surface area (Å²) in [5.41, 5.74) is 3.83. The molecular formula is C29H33ClN2O2. The molecule has 0 spiro atoms. The topological polar surface area (TPSA) is 49.4 Å². The van der Waals surface area contributed by atoms with E-state index in [9.17, 15) is 9.59 Å². The minimum Gasteiger partial charge on any atom is -0.352 e. The molecule has 3 rings (SSSR count). The average molecular weight is 477 g/mol. The van der Waals surface area contributed by atoms with Crippen LogP contribution in [0.15, 0.2) is 78.9 Å². The smallest absolute Gasteiger partial charge is 0.243 e. The van der Waals surface area contributed by atoms with Gasteiger partial charge < -0.3 is 10.2 Å². The zero-order valence-electron chi connectivity index (χ0n) is 20.1. The first kappa shape index (κ1) is 25.5. The summed E-state index contributed by atoms with van der Waals surface area (Å²) in [6.07, 6.45) is 1.46. The van der Waals surface area contributed by atoms with Crippen LogP contribution in [-0.4, -0.2) is 28.8 Å². The number of nitrogens with zero attached hydrogens (tertiary/aromatic N) is 1. The highest BCUT2D eigenvalue weighted by molar-refractivity contribution is 6.31. The molecule has 0 aliphatic rings. The molecule has 3 aromatic carbocycles. The van der Waals surface area contributed by atoms with Crippen LogP contribution in [0.2, 0.25) is 5.02 Å². The minimum absolute atomic E-state index is 0.0133. The van der Waals surface area contributed by atoms with Gasteiger partial charge in [0.1, 0.15) is 6.04 Å². The van der Waals surface area contributed by atoms with Crippen molar-refractivity contribution < 1.29 is 9.59 Å². The number of hydrogen-bond donors (Lipinski definition) is 1. The van der Waals surface area contributed by atoms with E-state index in [1.54, 1.807) is 4.90 Å². The Hall–Kier alpha value is -3.11. The molecule has 0 radical (unpaired) electrons. The predicted octanol–water partition coefficient (Wildman–Crippen LogP) is 5.75. The fourth-order valence-electron chi connectivity index (χ4n) is 3.88. The lowest BCUT2D eigenvalue weighted by molar-refractivity contribution is -0.141. The van der Waals surface area contributed by atoms with Crippen LogP contribution in [0.5, 0.6) is 0 Å². The summed E-state index contributed by atoms with van der Waals surface area (Å²) < 4.78 is 0. The van der Waals surface area contributed by atoms with Gasteiger partial charge in [-0.3, -0.25) is 9.59 Å². The second kappa shape index (κ2) is 12.4. The highest BCUT2D eigenvalue weighted by Crippen LogP contribution is 2.22. The molecule has 2 amide bonds. The van der Waals surface area contributed by atoms with Crippen LogP contribution in [0, 0.1) is 6.92 Å². The normalized spacial score (nSPS) is 12.6. The first-order valence-electron chi connectivity index (χ1n) is 11.8. The van der Waals surface area contributed by atoms with Crippen molar-refractivity contribution in [3.63, 3.8) is 0 Å². The molecule has 0 aromatic heterocycles. The molecule has 0 saturated heterocycles. The number of carbonyl (C=O) groups excluding carboxylic acids is 2. The Bertz CT molecular complexity index is 1100. The zero-order valence-corrected chi connectivity index (χ0v) is 20.9. The number of nitrogens with one attached hydrogen (secondary N) is 1. The number of benzene rings is 3. The molecule has 2 atom stereocenters. The molecule has 3 aromatic rings. The van der Waals surface area contributed by atoms with E-state index in [1.165, 1.54) is 0 Å². The number of amides is 2. The Morgan fingerprint density at radius 1 is 0.912 bits per heavy atom. The van der Waals surface area contributed by atoms with Crippen molar-refractivity contribution in [1.82, 2.24) is 10.2 Å². The van der Waals surface area contributed by atoms with Crippen molar-refractivity contribution >= 4 is 23.4 Å². The molecular weight excluding hydrogens is 444 g/mol. The van der Waals surface area contributed by atoms with Gasteiger partial charge in [0.25, 0.3) is 0 Å². The third kappa shape index (κ3) is 6.94. The Kier molecular flexibility index (Phi) is 9.29. The maximum atomic E-state index is 13.8. The van der Waals surface area contributed by atoms with Crippen LogP contribution in [0.4, 0.5) is 0 Å². The Morgan fingerprint density at radius 2 is 1.53 bits per heavy atom. The summed E-state index contributed by atoms with van der Waals surface area (Å²) in [6.45, 7) is 6.26. The van der Waals surface area contributed by atoms with Gasteiger partial charge in [-0.15, -0.1) is 0 Å². The number of aryl methyl sites for hydroxylation is 1. The highest BCUT2D eigenvalue weighted by atomic mass is 35.5. The van der Waals surface area contributed by atoms with Crippen LogP contribution < -0.4 is 5.32 Å². The maximum Gasteiger partial charge on any atom is 0.243 e. The lowest BCUT2D eigenvalue weighted by atomic mass is 10.00. The quantitative estimate of drug-likeness (QED) is 0.405. The highest BCUT2D eigenvalue weighted by Gasteiger charge is 2.31. The lowest BCUT2D eigenvalue weighted by Crippen LogP contribution is -2.52. The lowest BCUT2D eigenvalue weighted by Gasteiger charge is -2.32. The van der Waals surface area contributed by atoms with E-state index in [2.05, 4.69) is 5.32 Å². The van der Waals surface area contributed by atoms with E-state index in [0.717, 1.165) is 28.7 Å². The van der Waals surface area contributed by atoms with E-state index in [0.29, 0.717) is 11.4 Å². The first-order valence-corrected chi connectivity index (χ1v) is 12.2. The predicted molar refractivity (Wildman–Crippen MR) is 139 cm³/mol. The van der Waals surface area contributed by atoms with Crippen molar-refractivity contribution in [1.29, 1.82) is 0 Å². The molecule has 0 aliphatic carbocycles.